The molecule has 2 N–H and O–H groups in total. The van der Waals surface area contributed by atoms with Crippen LogP contribution in [-0.2, 0) is 11.3 Å². The predicted molar refractivity (Wildman–Crippen MR) is 102 cm³/mol. The molecule has 144 valence electrons. The van der Waals surface area contributed by atoms with Gasteiger partial charge < -0.3 is 19.7 Å². The Bertz CT molecular complexity index is 1110. The summed E-state index contributed by atoms with van der Waals surface area (Å²) in [5, 5.41) is 18.8. The van der Waals surface area contributed by atoms with Gasteiger partial charge in [-0.25, -0.2) is 4.39 Å². The van der Waals surface area contributed by atoms with Crippen molar-refractivity contribution in [2.75, 3.05) is 11.4 Å². The van der Waals surface area contributed by atoms with Crippen LogP contribution in [0.1, 0.15) is 30.3 Å². The molecule has 7 heteroatoms. The summed E-state index contributed by atoms with van der Waals surface area (Å²) in [6.45, 7) is 1.01. The van der Waals surface area contributed by atoms with E-state index in [-0.39, 0.29) is 16.9 Å². The van der Waals surface area contributed by atoms with Crippen LogP contribution in [-0.4, -0.2) is 27.2 Å². The van der Waals surface area contributed by atoms with E-state index in [9.17, 15) is 24.2 Å². The SMILES string of the molecule is O=C1CCCN1c1ccc(Cn2cc(C(O)O)c(=O)c3c(F)cccc32)cc1. The number of anilines is 1. The first-order valence-corrected chi connectivity index (χ1v) is 9.02. The number of aliphatic hydroxyl groups excluding tert-OH is 1. The first-order chi connectivity index (χ1) is 13.5. The molecule has 3 aromatic rings. The fourth-order valence-corrected chi connectivity index (χ4v) is 3.63. The minimum Gasteiger partial charge on any atom is -0.364 e. The van der Waals surface area contributed by atoms with Crippen molar-refractivity contribution in [1.82, 2.24) is 4.57 Å². The lowest BCUT2D eigenvalue weighted by Crippen LogP contribution is -2.23. The van der Waals surface area contributed by atoms with Gasteiger partial charge in [-0.05, 0) is 36.2 Å². The summed E-state index contributed by atoms with van der Waals surface area (Å²) in [4.78, 5) is 26.0. The molecule has 2 aromatic carbocycles. The Morgan fingerprint density at radius 1 is 1.07 bits per heavy atom. The maximum atomic E-state index is 14.3. The standard InChI is InChI=1S/C21H19FN2O4/c22-16-3-1-4-17-19(16)20(26)15(21(27)28)12-23(17)11-13-6-8-14(9-7-13)24-10-2-5-18(24)25/h1,3-4,6-9,12,21,27-28H,2,5,10-11H2. The molecule has 0 aliphatic carbocycles. The van der Waals surface area contributed by atoms with E-state index in [1.165, 1.54) is 18.3 Å². The number of pyridine rings is 1. The maximum Gasteiger partial charge on any atom is 0.227 e. The number of hydrogen-bond donors (Lipinski definition) is 2. The summed E-state index contributed by atoms with van der Waals surface area (Å²) in [5.74, 6) is -0.599. The van der Waals surface area contributed by atoms with Gasteiger partial charge in [-0.3, -0.25) is 9.59 Å². The molecule has 1 amide bonds. The van der Waals surface area contributed by atoms with Gasteiger partial charge >= 0.3 is 0 Å². The van der Waals surface area contributed by atoms with Gasteiger partial charge in [-0.2, -0.15) is 0 Å². The number of carbonyl (C=O) groups is 1. The summed E-state index contributed by atoms with van der Waals surface area (Å²) < 4.78 is 15.9. The zero-order valence-electron chi connectivity index (χ0n) is 15.0. The number of carbonyl (C=O) groups excluding carboxylic acids is 1. The van der Waals surface area contributed by atoms with Crippen molar-refractivity contribution in [1.29, 1.82) is 0 Å². The van der Waals surface area contributed by atoms with Crippen LogP contribution in [0.5, 0.6) is 0 Å². The van der Waals surface area contributed by atoms with Crippen LogP contribution in [0.15, 0.2) is 53.5 Å². The lowest BCUT2D eigenvalue weighted by Gasteiger charge is -2.17. The second-order valence-electron chi connectivity index (χ2n) is 6.86. The molecular weight excluding hydrogens is 363 g/mol. The molecule has 0 spiro atoms. The van der Waals surface area contributed by atoms with Crippen LogP contribution >= 0.6 is 0 Å². The van der Waals surface area contributed by atoms with E-state index in [2.05, 4.69) is 0 Å². The van der Waals surface area contributed by atoms with Crippen molar-refractivity contribution in [3.05, 3.63) is 75.8 Å². The van der Waals surface area contributed by atoms with Crippen LogP contribution in [0.25, 0.3) is 10.9 Å². The smallest absolute Gasteiger partial charge is 0.227 e. The number of halogens is 1. The maximum absolute atomic E-state index is 14.3. The number of aromatic nitrogens is 1. The van der Waals surface area contributed by atoms with E-state index in [1.807, 2.05) is 24.3 Å². The minimum atomic E-state index is -1.99. The quantitative estimate of drug-likeness (QED) is 0.679. The van der Waals surface area contributed by atoms with E-state index in [4.69, 9.17) is 0 Å². The van der Waals surface area contributed by atoms with Crippen molar-refractivity contribution < 1.29 is 19.4 Å². The van der Waals surface area contributed by atoms with Crippen LogP contribution < -0.4 is 10.3 Å². The first-order valence-electron chi connectivity index (χ1n) is 9.02. The Kier molecular flexibility index (Phi) is 4.70. The Hall–Kier alpha value is -3.03. The van der Waals surface area contributed by atoms with Crippen LogP contribution in [0.2, 0.25) is 0 Å². The molecule has 4 rings (SSSR count). The number of aliphatic hydroxyl groups is 2. The molecule has 1 saturated heterocycles. The van der Waals surface area contributed by atoms with Gasteiger partial charge in [-0.15, -0.1) is 0 Å². The highest BCUT2D eigenvalue weighted by Crippen LogP contribution is 2.23. The van der Waals surface area contributed by atoms with Gasteiger partial charge in [0, 0.05) is 31.4 Å². The molecule has 1 fully saturated rings. The van der Waals surface area contributed by atoms with Crippen molar-refractivity contribution in [3.63, 3.8) is 0 Å². The third-order valence-corrected chi connectivity index (χ3v) is 5.04. The lowest BCUT2D eigenvalue weighted by molar-refractivity contribution is -0.117. The summed E-state index contributed by atoms with van der Waals surface area (Å²) in [6.07, 6.45) is 0.753. The van der Waals surface area contributed by atoms with Crippen molar-refractivity contribution in [2.24, 2.45) is 0 Å². The highest BCUT2D eigenvalue weighted by Gasteiger charge is 2.21. The fourth-order valence-electron chi connectivity index (χ4n) is 3.63. The first kappa shape index (κ1) is 18.3. The Labute approximate surface area is 160 Å². The van der Waals surface area contributed by atoms with Gasteiger partial charge in [0.05, 0.1) is 16.5 Å². The highest BCUT2D eigenvalue weighted by molar-refractivity contribution is 5.95. The molecule has 6 nitrogen and oxygen atoms in total. The van der Waals surface area contributed by atoms with Crippen molar-refractivity contribution >= 4 is 22.5 Å². The predicted octanol–water partition coefficient (Wildman–Crippen LogP) is 2.30. The van der Waals surface area contributed by atoms with Gasteiger partial charge in [0.1, 0.15) is 5.82 Å². The summed E-state index contributed by atoms with van der Waals surface area (Å²) in [5.41, 5.74) is 1.05. The van der Waals surface area contributed by atoms with E-state index in [0.717, 1.165) is 17.7 Å². The lowest BCUT2D eigenvalue weighted by atomic mass is 10.1. The number of amides is 1. The molecule has 28 heavy (non-hydrogen) atoms. The Morgan fingerprint density at radius 3 is 2.46 bits per heavy atom. The number of fused-ring (bicyclic) bond motifs is 1. The number of hydrogen-bond acceptors (Lipinski definition) is 4. The van der Waals surface area contributed by atoms with Crippen molar-refractivity contribution in [2.45, 2.75) is 25.7 Å². The van der Waals surface area contributed by atoms with E-state index in [0.29, 0.717) is 25.0 Å². The highest BCUT2D eigenvalue weighted by atomic mass is 19.1. The average molecular weight is 382 g/mol. The molecule has 0 radical (unpaired) electrons. The van der Waals surface area contributed by atoms with E-state index < -0.39 is 17.5 Å². The van der Waals surface area contributed by atoms with Gasteiger partial charge in [-0.1, -0.05) is 18.2 Å². The van der Waals surface area contributed by atoms with Crippen LogP contribution in [0, 0.1) is 5.82 Å². The number of benzene rings is 2. The normalized spacial score (nSPS) is 14.4. The second-order valence-corrected chi connectivity index (χ2v) is 6.86. The second kappa shape index (κ2) is 7.18. The molecule has 0 unspecified atom stereocenters. The van der Waals surface area contributed by atoms with Crippen LogP contribution in [0.3, 0.4) is 0 Å². The van der Waals surface area contributed by atoms with E-state index in [1.54, 1.807) is 15.5 Å². The molecule has 2 heterocycles. The molecule has 0 saturated carbocycles. The molecule has 1 aliphatic rings. The fraction of sp³-hybridized carbons (Fsp3) is 0.238. The summed E-state index contributed by atoms with van der Waals surface area (Å²) in [7, 11) is 0. The molecule has 0 atom stereocenters. The van der Waals surface area contributed by atoms with Gasteiger partial charge in [0.25, 0.3) is 0 Å². The van der Waals surface area contributed by atoms with Gasteiger partial charge in [0.2, 0.25) is 11.3 Å². The molecule has 0 bridgehead atoms. The molecular formula is C21H19FN2O4. The van der Waals surface area contributed by atoms with Crippen LogP contribution in [0.4, 0.5) is 10.1 Å². The zero-order chi connectivity index (χ0) is 19.8. The van der Waals surface area contributed by atoms with Crippen molar-refractivity contribution in [3.8, 4) is 0 Å². The topological polar surface area (TPSA) is 82.8 Å². The number of nitrogens with zero attached hydrogens (tertiary/aromatic N) is 2. The third-order valence-electron chi connectivity index (χ3n) is 5.04. The summed E-state index contributed by atoms with van der Waals surface area (Å²) in [6, 6.07) is 11.7. The van der Waals surface area contributed by atoms with E-state index >= 15 is 0 Å². The number of rotatable bonds is 4. The third kappa shape index (κ3) is 3.19. The average Bonchev–Trinajstić information content (AvgIpc) is 3.10. The minimum absolute atomic E-state index is 0.108. The Morgan fingerprint density at radius 2 is 1.82 bits per heavy atom. The largest absolute Gasteiger partial charge is 0.364 e. The summed E-state index contributed by atoms with van der Waals surface area (Å²) >= 11 is 0. The molecule has 1 aliphatic heterocycles. The molecule has 1 aromatic heterocycles. The Balaban J connectivity index is 1.73. The van der Waals surface area contributed by atoms with Gasteiger partial charge in [0.15, 0.2) is 6.29 Å². The zero-order valence-corrected chi connectivity index (χ0v) is 15.0. The monoisotopic (exact) mass is 382 g/mol.